The molecule has 0 saturated heterocycles. The van der Waals surface area contributed by atoms with Crippen molar-refractivity contribution in [3.63, 3.8) is 0 Å². The molecular weight excluding hydrogens is 304 g/mol. The van der Waals surface area contributed by atoms with E-state index in [2.05, 4.69) is 5.32 Å². The number of halogens is 1. The summed E-state index contributed by atoms with van der Waals surface area (Å²) in [6, 6.07) is 6.60. The van der Waals surface area contributed by atoms with E-state index in [0.29, 0.717) is 18.0 Å². The van der Waals surface area contributed by atoms with Gasteiger partial charge in [0.25, 0.3) is 0 Å². The lowest BCUT2D eigenvalue weighted by molar-refractivity contribution is -0.140. The molecular formula is C16H23ClN2O3. The topological polar surface area (TPSA) is 69.6 Å². The summed E-state index contributed by atoms with van der Waals surface area (Å²) in [6.45, 7) is 4.02. The Labute approximate surface area is 136 Å². The van der Waals surface area contributed by atoms with Crippen molar-refractivity contribution in [2.24, 2.45) is 0 Å². The summed E-state index contributed by atoms with van der Waals surface area (Å²) in [5.74, 6) is -0.337. The van der Waals surface area contributed by atoms with Gasteiger partial charge in [0.2, 0.25) is 11.8 Å². The van der Waals surface area contributed by atoms with Crippen molar-refractivity contribution in [3.05, 3.63) is 34.9 Å². The van der Waals surface area contributed by atoms with Gasteiger partial charge in [-0.1, -0.05) is 30.7 Å². The van der Waals surface area contributed by atoms with Crippen LogP contribution in [0, 0.1) is 0 Å². The first kappa shape index (κ1) is 18.5. The third-order valence-electron chi connectivity index (χ3n) is 3.31. The van der Waals surface area contributed by atoms with Gasteiger partial charge in [-0.05, 0) is 31.0 Å². The smallest absolute Gasteiger partial charge is 0.242 e. The lowest BCUT2D eigenvalue weighted by Gasteiger charge is -2.28. The Morgan fingerprint density at radius 3 is 2.50 bits per heavy atom. The maximum atomic E-state index is 12.3. The number of hydrogen-bond acceptors (Lipinski definition) is 3. The van der Waals surface area contributed by atoms with Crippen LogP contribution in [0.5, 0.6) is 0 Å². The maximum absolute atomic E-state index is 12.3. The highest BCUT2D eigenvalue weighted by atomic mass is 35.5. The van der Waals surface area contributed by atoms with Crippen molar-refractivity contribution in [2.75, 3.05) is 13.2 Å². The highest BCUT2D eigenvalue weighted by molar-refractivity contribution is 6.30. The number of nitrogens with zero attached hydrogens (tertiary/aromatic N) is 1. The first-order chi connectivity index (χ1) is 10.5. The summed E-state index contributed by atoms with van der Waals surface area (Å²) in [5.41, 5.74) is 0.913. The zero-order valence-corrected chi connectivity index (χ0v) is 13.8. The van der Waals surface area contributed by atoms with Crippen LogP contribution >= 0.6 is 11.6 Å². The lowest BCUT2D eigenvalue weighted by atomic mass is 10.1. The van der Waals surface area contributed by atoms with E-state index < -0.39 is 6.04 Å². The van der Waals surface area contributed by atoms with E-state index in [1.54, 1.807) is 24.0 Å². The van der Waals surface area contributed by atoms with Crippen LogP contribution in [0.25, 0.3) is 0 Å². The maximum Gasteiger partial charge on any atom is 0.242 e. The molecule has 0 aromatic heterocycles. The van der Waals surface area contributed by atoms with Gasteiger partial charge >= 0.3 is 0 Å². The van der Waals surface area contributed by atoms with E-state index in [0.717, 1.165) is 12.0 Å². The predicted molar refractivity (Wildman–Crippen MR) is 86.5 cm³/mol. The molecule has 0 unspecified atom stereocenters. The van der Waals surface area contributed by atoms with E-state index in [9.17, 15) is 9.59 Å². The zero-order valence-electron chi connectivity index (χ0n) is 13.0. The number of aliphatic hydroxyl groups excluding tert-OH is 1. The van der Waals surface area contributed by atoms with Gasteiger partial charge in [0.1, 0.15) is 6.04 Å². The van der Waals surface area contributed by atoms with Gasteiger partial charge in [-0.15, -0.1) is 0 Å². The van der Waals surface area contributed by atoms with Crippen molar-refractivity contribution in [1.29, 1.82) is 0 Å². The number of benzene rings is 1. The molecule has 0 aliphatic rings. The highest BCUT2D eigenvalue weighted by Gasteiger charge is 2.25. The Bertz CT molecular complexity index is 491. The summed E-state index contributed by atoms with van der Waals surface area (Å²) >= 11 is 5.86. The van der Waals surface area contributed by atoms with Gasteiger partial charge in [-0.25, -0.2) is 0 Å². The van der Waals surface area contributed by atoms with Gasteiger partial charge in [0.15, 0.2) is 0 Å². The number of amides is 2. The standard InChI is InChI=1S/C16H23ClN2O3/c1-3-4-15(21)19(12(2)16(22)18-9-10-20)11-13-5-7-14(17)8-6-13/h5-8,12,20H,3-4,9-11H2,1-2H3,(H,18,22)/t12-/m0/s1. The van der Waals surface area contributed by atoms with E-state index in [1.165, 1.54) is 0 Å². The fourth-order valence-corrected chi connectivity index (χ4v) is 2.18. The van der Waals surface area contributed by atoms with Crippen molar-refractivity contribution in [2.45, 2.75) is 39.3 Å². The minimum atomic E-state index is -0.596. The average Bonchev–Trinajstić information content (AvgIpc) is 2.51. The summed E-state index contributed by atoms with van der Waals surface area (Å²) < 4.78 is 0. The molecule has 0 aliphatic carbocycles. The first-order valence-corrected chi connectivity index (χ1v) is 7.79. The minimum Gasteiger partial charge on any atom is -0.395 e. The fourth-order valence-electron chi connectivity index (χ4n) is 2.05. The van der Waals surface area contributed by atoms with E-state index in [-0.39, 0.29) is 25.0 Å². The quantitative estimate of drug-likeness (QED) is 0.767. The van der Waals surface area contributed by atoms with Crippen LogP contribution in [0.15, 0.2) is 24.3 Å². The molecule has 1 atom stereocenters. The second-order valence-corrected chi connectivity index (χ2v) is 5.53. The molecule has 1 aromatic rings. The molecule has 2 amide bonds. The van der Waals surface area contributed by atoms with Gasteiger partial charge in [0, 0.05) is 24.5 Å². The SMILES string of the molecule is CCCC(=O)N(Cc1ccc(Cl)cc1)[C@@H](C)C(=O)NCCO. The second kappa shape index (κ2) is 9.43. The lowest BCUT2D eigenvalue weighted by Crippen LogP contribution is -2.48. The van der Waals surface area contributed by atoms with Crippen LogP contribution in [0.2, 0.25) is 5.02 Å². The van der Waals surface area contributed by atoms with Crippen LogP contribution in [0.4, 0.5) is 0 Å². The summed E-state index contributed by atoms with van der Waals surface area (Å²) in [5, 5.41) is 12.0. The Kier molecular flexibility index (Phi) is 7.91. The molecule has 1 rings (SSSR count). The molecule has 6 heteroatoms. The van der Waals surface area contributed by atoms with Crippen LogP contribution in [-0.2, 0) is 16.1 Å². The Morgan fingerprint density at radius 2 is 1.95 bits per heavy atom. The van der Waals surface area contributed by atoms with Gasteiger partial charge in [-0.3, -0.25) is 9.59 Å². The molecule has 5 nitrogen and oxygen atoms in total. The van der Waals surface area contributed by atoms with Gasteiger partial charge in [0.05, 0.1) is 6.61 Å². The van der Waals surface area contributed by atoms with Crippen LogP contribution < -0.4 is 5.32 Å². The second-order valence-electron chi connectivity index (χ2n) is 5.09. The summed E-state index contributed by atoms with van der Waals surface area (Å²) in [7, 11) is 0. The number of carbonyl (C=O) groups excluding carboxylic acids is 2. The average molecular weight is 327 g/mol. The van der Waals surface area contributed by atoms with Crippen LogP contribution in [0.3, 0.4) is 0 Å². The molecule has 0 spiro atoms. The first-order valence-electron chi connectivity index (χ1n) is 7.42. The highest BCUT2D eigenvalue weighted by Crippen LogP contribution is 2.14. The van der Waals surface area contributed by atoms with E-state index >= 15 is 0 Å². The normalized spacial score (nSPS) is 11.8. The summed E-state index contributed by atoms with van der Waals surface area (Å²) in [6.07, 6.45) is 1.12. The third kappa shape index (κ3) is 5.66. The molecule has 0 saturated carbocycles. The fraction of sp³-hybridized carbons (Fsp3) is 0.500. The monoisotopic (exact) mass is 326 g/mol. The summed E-state index contributed by atoms with van der Waals surface area (Å²) in [4.78, 5) is 25.9. The van der Waals surface area contributed by atoms with Gasteiger partial charge in [-0.2, -0.15) is 0 Å². The Morgan fingerprint density at radius 1 is 1.32 bits per heavy atom. The molecule has 0 radical (unpaired) electrons. The molecule has 22 heavy (non-hydrogen) atoms. The molecule has 122 valence electrons. The molecule has 1 aromatic carbocycles. The molecule has 0 fully saturated rings. The number of nitrogens with one attached hydrogen (secondary N) is 1. The van der Waals surface area contributed by atoms with Crippen LogP contribution in [0.1, 0.15) is 32.3 Å². The van der Waals surface area contributed by atoms with Crippen molar-refractivity contribution < 1.29 is 14.7 Å². The van der Waals surface area contributed by atoms with Crippen LogP contribution in [-0.4, -0.2) is 41.0 Å². The molecule has 2 N–H and O–H groups in total. The zero-order chi connectivity index (χ0) is 16.5. The number of aliphatic hydroxyl groups is 1. The molecule has 0 aliphatic heterocycles. The van der Waals surface area contributed by atoms with Crippen molar-refractivity contribution >= 4 is 23.4 Å². The van der Waals surface area contributed by atoms with Crippen molar-refractivity contribution in [3.8, 4) is 0 Å². The molecule has 0 heterocycles. The van der Waals surface area contributed by atoms with E-state index in [1.807, 2.05) is 19.1 Å². The third-order valence-corrected chi connectivity index (χ3v) is 3.56. The van der Waals surface area contributed by atoms with Crippen molar-refractivity contribution in [1.82, 2.24) is 10.2 Å². The minimum absolute atomic E-state index is 0.0656. The molecule has 0 bridgehead atoms. The number of rotatable bonds is 8. The number of hydrogen-bond donors (Lipinski definition) is 2. The van der Waals surface area contributed by atoms with E-state index in [4.69, 9.17) is 16.7 Å². The number of carbonyl (C=O) groups is 2. The predicted octanol–water partition coefficient (Wildman–Crippen LogP) is 1.97. The largest absolute Gasteiger partial charge is 0.395 e. The Balaban J connectivity index is 2.85. The van der Waals surface area contributed by atoms with Gasteiger partial charge < -0.3 is 15.3 Å². The Hall–Kier alpha value is -1.59.